The first kappa shape index (κ1) is 12.7. The van der Waals surface area contributed by atoms with E-state index in [1.165, 1.54) is 18.4 Å². The largest absolute Gasteiger partial charge is 0.379 e. The zero-order valence-corrected chi connectivity index (χ0v) is 11.1. The van der Waals surface area contributed by atoms with Crippen molar-refractivity contribution in [3.8, 4) is 0 Å². The second-order valence-corrected chi connectivity index (χ2v) is 5.76. The first-order valence-corrected chi connectivity index (χ1v) is 6.48. The molecular formula is C14H24N2O. The van der Waals surface area contributed by atoms with E-state index in [0.29, 0.717) is 0 Å². The van der Waals surface area contributed by atoms with Gasteiger partial charge in [0.25, 0.3) is 0 Å². The SMILES string of the molecule is COC(C)(C)CCn1ccc(C(N)C2CC2)c1. The summed E-state index contributed by atoms with van der Waals surface area (Å²) in [4.78, 5) is 0. The third-order valence-corrected chi connectivity index (χ3v) is 3.81. The van der Waals surface area contributed by atoms with Gasteiger partial charge in [-0.15, -0.1) is 0 Å². The third-order valence-electron chi connectivity index (χ3n) is 3.81. The van der Waals surface area contributed by atoms with Gasteiger partial charge in [0.15, 0.2) is 0 Å². The van der Waals surface area contributed by atoms with Gasteiger partial charge in [-0.3, -0.25) is 0 Å². The van der Waals surface area contributed by atoms with Crippen molar-refractivity contribution in [1.29, 1.82) is 0 Å². The molecule has 3 nitrogen and oxygen atoms in total. The number of methoxy groups -OCH3 is 1. The molecule has 0 aliphatic heterocycles. The maximum Gasteiger partial charge on any atom is 0.0639 e. The van der Waals surface area contributed by atoms with Crippen LogP contribution >= 0.6 is 0 Å². The third kappa shape index (κ3) is 3.33. The Balaban J connectivity index is 1.89. The lowest BCUT2D eigenvalue weighted by atomic mass is 10.1. The average molecular weight is 236 g/mol. The van der Waals surface area contributed by atoms with Gasteiger partial charge in [-0.2, -0.15) is 0 Å². The van der Waals surface area contributed by atoms with Crippen molar-refractivity contribution >= 4 is 0 Å². The molecule has 3 heteroatoms. The Kier molecular flexibility index (Phi) is 3.59. The molecule has 17 heavy (non-hydrogen) atoms. The molecule has 1 heterocycles. The van der Waals surface area contributed by atoms with Crippen molar-refractivity contribution < 1.29 is 4.74 Å². The monoisotopic (exact) mass is 236 g/mol. The molecule has 2 rings (SSSR count). The van der Waals surface area contributed by atoms with Crippen LogP contribution in [0.5, 0.6) is 0 Å². The van der Waals surface area contributed by atoms with Crippen molar-refractivity contribution in [1.82, 2.24) is 4.57 Å². The number of nitrogens with two attached hydrogens (primary N) is 1. The Labute approximate surface area is 104 Å². The van der Waals surface area contributed by atoms with E-state index in [2.05, 4.69) is 36.9 Å². The molecular weight excluding hydrogens is 212 g/mol. The number of hydrogen-bond acceptors (Lipinski definition) is 2. The highest BCUT2D eigenvalue weighted by Gasteiger charge is 2.29. The second-order valence-electron chi connectivity index (χ2n) is 5.76. The first-order chi connectivity index (χ1) is 8.02. The van der Waals surface area contributed by atoms with E-state index in [-0.39, 0.29) is 11.6 Å². The molecule has 1 fully saturated rings. The predicted octanol–water partition coefficient (Wildman–Crippen LogP) is 2.71. The maximum absolute atomic E-state index is 6.18. The highest BCUT2D eigenvalue weighted by Crippen LogP contribution is 2.39. The van der Waals surface area contributed by atoms with Crippen LogP contribution in [0.3, 0.4) is 0 Å². The molecule has 96 valence electrons. The van der Waals surface area contributed by atoms with Gasteiger partial charge in [-0.05, 0) is 50.7 Å². The summed E-state index contributed by atoms with van der Waals surface area (Å²) in [6.45, 7) is 5.22. The Hall–Kier alpha value is -0.800. The molecule has 1 atom stereocenters. The summed E-state index contributed by atoms with van der Waals surface area (Å²) in [5.41, 5.74) is 7.41. The van der Waals surface area contributed by atoms with Crippen LogP contribution < -0.4 is 5.73 Å². The summed E-state index contributed by atoms with van der Waals surface area (Å²) >= 11 is 0. The second kappa shape index (κ2) is 4.83. The Morgan fingerprint density at radius 3 is 2.82 bits per heavy atom. The lowest BCUT2D eigenvalue weighted by Gasteiger charge is -2.22. The molecule has 0 aromatic carbocycles. The zero-order valence-electron chi connectivity index (χ0n) is 11.1. The lowest BCUT2D eigenvalue weighted by molar-refractivity contribution is 0.0120. The molecule has 0 radical (unpaired) electrons. The lowest BCUT2D eigenvalue weighted by Crippen LogP contribution is -2.24. The maximum atomic E-state index is 6.18. The predicted molar refractivity (Wildman–Crippen MR) is 69.8 cm³/mol. The normalized spacial score (nSPS) is 18.4. The average Bonchev–Trinajstić information content (AvgIpc) is 3.05. The van der Waals surface area contributed by atoms with Crippen molar-refractivity contribution in [3.63, 3.8) is 0 Å². The van der Waals surface area contributed by atoms with E-state index in [1.807, 2.05) is 0 Å². The molecule has 0 saturated heterocycles. The summed E-state index contributed by atoms with van der Waals surface area (Å²) in [6.07, 6.45) is 7.92. The highest BCUT2D eigenvalue weighted by molar-refractivity contribution is 5.17. The van der Waals surface area contributed by atoms with Gasteiger partial charge in [0.1, 0.15) is 0 Å². The van der Waals surface area contributed by atoms with Gasteiger partial charge >= 0.3 is 0 Å². The minimum atomic E-state index is -0.0525. The minimum Gasteiger partial charge on any atom is -0.379 e. The van der Waals surface area contributed by atoms with Crippen LogP contribution in [0.1, 0.15) is 44.7 Å². The van der Waals surface area contributed by atoms with Crippen LogP contribution in [0.4, 0.5) is 0 Å². The molecule has 1 aromatic rings. The fraction of sp³-hybridized carbons (Fsp3) is 0.714. The molecule has 1 aliphatic carbocycles. The quantitative estimate of drug-likeness (QED) is 0.825. The zero-order chi connectivity index (χ0) is 12.5. The van der Waals surface area contributed by atoms with E-state index in [0.717, 1.165) is 18.9 Å². The highest BCUT2D eigenvalue weighted by atomic mass is 16.5. The minimum absolute atomic E-state index is 0.0525. The Morgan fingerprint density at radius 2 is 2.24 bits per heavy atom. The van der Waals surface area contributed by atoms with Gasteiger partial charge in [-0.25, -0.2) is 0 Å². The van der Waals surface area contributed by atoms with Crippen molar-refractivity contribution in [3.05, 3.63) is 24.0 Å². The smallest absolute Gasteiger partial charge is 0.0639 e. The summed E-state index contributed by atoms with van der Waals surface area (Å²) in [5.74, 6) is 0.723. The van der Waals surface area contributed by atoms with Crippen LogP contribution in [-0.2, 0) is 11.3 Å². The fourth-order valence-electron chi connectivity index (χ4n) is 2.02. The number of hydrogen-bond donors (Lipinski definition) is 1. The molecule has 0 bridgehead atoms. The van der Waals surface area contributed by atoms with E-state index >= 15 is 0 Å². The van der Waals surface area contributed by atoms with Gasteiger partial charge in [-0.1, -0.05) is 0 Å². The number of aryl methyl sites for hydroxylation is 1. The summed E-state index contributed by atoms with van der Waals surface area (Å²) in [5, 5.41) is 0. The van der Waals surface area contributed by atoms with Crippen LogP contribution in [0.15, 0.2) is 18.5 Å². The van der Waals surface area contributed by atoms with Gasteiger partial charge in [0.05, 0.1) is 5.60 Å². The van der Waals surface area contributed by atoms with Crippen LogP contribution in [0.25, 0.3) is 0 Å². The van der Waals surface area contributed by atoms with Crippen LogP contribution in [0.2, 0.25) is 0 Å². The standard InChI is InChI=1S/C14H24N2O/c1-14(2,17-3)7-9-16-8-6-12(10-16)13(15)11-4-5-11/h6,8,10-11,13H,4-5,7,9,15H2,1-3H3. The van der Waals surface area contributed by atoms with Gasteiger partial charge < -0.3 is 15.0 Å². The fourth-order valence-corrected chi connectivity index (χ4v) is 2.02. The van der Waals surface area contributed by atoms with E-state index < -0.39 is 0 Å². The van der Waals surface area contributed by atoms with Crippen LogP contribution in [0, 0.1) is 5.92 Å². The number of ether oxygens (including phenoxy) is 1. The van der Waals surface area contributed by atoms with Crippen molar-refractivity contribution in [2.75, 3.05) is 7.11 Å². The van der Waals surface area contributed by atoms with E-state index in [9.17, 15) is 0 Å². The van der Waals surface area contributed by atoms with Crippen molar-refractivity contribution in [2.24, 2.45) is 11.7 Å². The Bertz CT molecular complexity index is 366. The molecule has 1 aromatic heterocycles. The van der Waals surface area contributed by atoms with Crippen LogP contribution in [-0.4, -0.2) is 17.3 Å². The van der Waals surface area contributed by atoms with E-state index in [1.54, 1.807) is 7.11 Å². The molecule has 2 N–H and O–H groups in total. The number of nitrogens with zero attached hydrogens (tertiary/aromatic N) is 1. The Morgan fingerprint density at radius 1 is 1.53 bits per heavy atom. The molecule has 0 amide bonds. The van der Waals surface area contributed by atoms with Gasteiger partial charge in [0.2, 0.25) is 0 Å². The number of aromatic nitrogens is 1. The molecule has 1 aliphatic rings. The van der Waals surface area contributed by atoms with E-state index in [4.69, 9.17) is 10.5 Å². The van der Waals surface area contributed by atoms with Crippen molar-refractivity contribution in [2.45, 2.75) is 51.3 Å². The topological polar surface area (TPSA) is 40.2 Å². The first-order valence-electron chi connectivity index (χ1n) is 6.48. The molecule has 1 saturated carbocycles. The summed E-state index contributed by atoms with van der Waals surface area (Å²) < 4.78 is 7.64. The molecule has 1 unspecified atom stereocenters. The summed E-state index contributed by atoms with van der Waals surface area (Å²) in [6, 6.07) is 2.40. The molecule has 0 spiro atoms. The van der Waals surface area contributed by atoms with Gasteiger partial charge in [0, 0.05) is 32.1 Å². The summed E-state index contributed by atoms with van der Waals surface area (Å²) in [7, 11) is 1.77. The number of rotatable bonds is 6.